The van der Waals surface area contributed by atoms with Crippen LogP contribution in [-0.2, 0) is 4.79 Å². The summed E-state index contributed by atoms with van der Waals surface area (Å²) in [6.45, 7) is 2.12. The maximum absolute atomic E-state index is 11.8. The van der Waals surface area contributed by atoms with Crippen molar-refractivity contribution in [1.82, 2.24) is 0 Å². The number of para-hydroxylation sites is 2. The van der Waals surface area contributed by atoms with E-state index in [1.807, 2.05) is 48.5 Å². The predicted molar refractivity (Wildman–Crippen MR) is 92.3 cm³/mol. The summed E-state index contributed by atoms with van der Waals surface area (Å²) in [5.74, 6) is 2.09. The van der Waals surface area contributed by atoms with Crippen LogP contribution in [0.4, 0.5) is 5.69 Å². The number of benzene rings is 2. The van der Waals surface area contributed by atoms with Gasteiger partial charge in [0.2, 0.25) is 5.91 Å². The van der Waals surface area contributed by atoms with Crippen LogP contribution in [0.5, 0.6) is 17.2 Å². The van der Waals surface area contributed by atoms with Crippen molar-refractivity contribution in [3.63, 3.8) is 0 Å². The molecule has 1 amide bonds. The normalized spacial score (nSPS) is 10.2. The van der Waals surface area contributed by atoms with Gasteiger partial charge in [-0.15, -0.1) is 0 Å². The Kier molecular flexibility index (Phi) is 6.48. The van der Waals surface area contributed by atoms with E-state index in [0.717, 1.165) is 24.9 Å². The fourth-order valence-electron chi connectivity index (χ4n) is 2.20. The number of anilines is 1. The number of hydrogen-bond acceptors (Lipinski definition) is 3. The molecule has 4 heteroatoms. The van der Waals surface area contributed by atoms with Crippen molar-refractivity contribution < 1.29 is 14.3 Å². The number of unbranched alkanes of at least 4 members (excludes halogenated alkanes) is 2. The number of methoxy groups -OCH3 is 1. The van der Waals surface area contributed by atoms with E-state index in [1.54, 1.807) is 7.11 Å². The largest absolute Gasteiger partial charge is 0.493 e. The monoisotopic (exact) mass is 313 g/mol. The van der Waals surface area contributed by atoms with Gasteiger partial charge in [-0.05, 0) is 42.8 Å². The smallest absolute Gasteiger partial charge is 0.224 e. The molecule has 0 saturated carbocycles. The Balaban J connectivity index is 1.93. The molecule has 0 heterocycles. The van der Waals surface area contributed by atoms with Crippen LogP contribution in [0.1, 0.15) is 32.6 Å². The number of ether oxygens (including phenoxy) is 2. The van der Waals surface area contributed by atoms with E-state index >= 15 is 0 Å². The molecule has 2 aromatic rings. The van der Waals surface area contributed by atoms with Gasteiger partial charge in [-0.25, -0.2) is 0 Å². The second kappa shape index (κ2) is 8.83. The van der Waals surface area contributed by atoms with E-state index < -0.39 is 0 Å². The number of hydrogen-bond donors (Lipinski definition) is 1. The van der Waals surface area contributed by atoms with Crippen molar-refractivity contribution in [2.24, 2.45) is 0 Å². The van der Waals surface area contributed by atoms with Crippen molar-refractivity contribution in [3.8, 4) is 17.2 Å². The van der Waals surface area contributed by atoms with Crippen LogP contribution in [0.2, 0.25) is 0 Å². The zero-order valence-electron chi connectivity index (χ0n) is 13.7. The maximum atomic E-state index is 11.8. The van der Waals surface area contributed by atoms with Gasteiger partial charge in [0.25, 0.3) is 0 Å². The third-order valence-electron chi connectivity index (χ3n) is 3.44. The lowest BCUT2D eigenvalue weighted by molar-refractivity contribution is -0.116. The zero-order chi connectivity index (χ0) is 16.5. The lowest BCUT2D eigenvalue weighted by Gasteiger charge is -2.10. The molecule has 0 saturated heterocycles. The predicted octanol–water partition coefficient (Wildman–Crippen LogP) is 5.01. The van der Waals surface area contributed by atoms with Gasteiger partial charge in [0.05, 0.1) is 7.11 Å². The topological polar surface area (TPSA) is 47.6 Å². The summed E-state index contributed by atoms with van der Waals surface area (Å²) < 4.78 is 11.1. The molecule has 0 fully saturated rings. The first-order chi connectivity index (χ1) is 11.2. The van der Waals surface area contributed by atoms with Crippen LogP contribution in [0, 0.1) is 0 Å². The number of rotatable bonds is 8. The minimum Gasteiger partial charge on any atom is -0.493 e. The molecule has 23 heavy (non-hydrogen) atoms. The van der Waals surface area contributed by atoms with E-state index in [2.05, 4.69) is 12.2 Å². The molecule has 0 atom stereocenters. The highest BCUT2D eigenvalue weighted by Gasteiger charge is 2.05. The van der Waals surface area contributed by atoms with Crippen molar-refractivity contribution in [2.45, 2.75) is 32.6 Å². The third-order valence-corrected chi connectivity index (χ3v) is 3.44. The Morgan fingerprint density at radius 1 is 1.00 bits per heavy atom. The molecule has 0 unspecified atom stereocenters. The molecule has 0 spiro atoms. The Hall–Kier alpha value is -2.49. The van der Waals surface area contributed by atoms with E-state index in [0.29, 0.717) is 23.7 Å². The molecular weight excluding hydrogens is 290 g/mol. The quantitative estimate of drug-likeness (QED) is 0.697. The SMILES string of the molecule is CCCCCC(=O)Nc1ccc(Oc2ccccc2OC)cc1. The molecule has 4 nitrogen and oxygen atoms in total. The summed E-state index contributed by atoms with van der Waals surface area (Å²) >= 11 is 0. The molecule has 0 aliphatic rings. The molecule has 122 valence electrons. The van der Waals surface area contributed by atoms with Gasteiger partial charge in [0.1, 0.15) is 5.75 Å². The summed E-state index contributed by atoms with van der Waals surface area (Å²) in [5, 5.41) is 2.90. The van der Waals surface area contributed by atoms with Crippen LogP contribution < -0.4 is 14.8 Å². The Bertz CT molecular complexity index is 623. The van der Waals surface area contributed by atoms with Gasteiger partial charge in [-0.1, -0.05) is 31.9 Å². The number of nitrogens with one attached hydrogen (secondary N) is 1. The number of carbonyl (C=O) groups is 1. The lowest BCUT2D eigenvalue weighted by atomic mass is 10.2. The minimum absolute atomic E-state index is 0.0526. The second-order valence-corrected chi connectivity index (χ2v) is 5.28. The van der Waals surface area contributed by atoms with Gasteiger partial charge in [0.15, 0.2) is 11.5 Å². The highest BCUT2D eigenvalue weighted by molar-refractivity contribution is 5.90. The summed E-state index contributed by atoms with van der Waals surface area (Å²) in [6.07, 6.45) is 3.69. The maximum Gasteiger partial charge on any atom is 0.224 e. The van der Waals surface area contributed by atoms with Gasteiger partial charge in [-0.3, -0.25) is 4.79 Å². The summed E-state index contributed by atoms with van der Waals surface area (Å²) in [5.41, 5.74) is 0.777. The highest BCUT2D eigenvalue weighted by atomic mass is 16.5. The zero-order valence-corrected chi connectivity index (χ0v) is 13.7. The molecule has 0 radical (unpaired) electrons. The average molecular weight is 313 g/mol. The average Bonchev–Trinajstić information content (AvgIpc) is 2.57. The van der Waals surface area contributed by atoms with Crippen LogP contribution in [0.3, 0.4) is 0 Å². The second-order valence-electron chi connectivity index (χ2n) is 5.28. The van der Waals surface area contributed by atoms with E-state index in [9.17, 15) is 4.79 Å². The summed E-state index contributed by atoms with van der Waals surface area (Å²) in [6, 6.07) is 14.8. The van der Waals surface area contributed by atoms with Crippen LogP contribution in [0.15, 0.2) is 48.5 Å². The minimum atomic E-state index is 0.0526. The first-order valence-electron chi connectivity index (χ1n) is 7.93. The molecule has 0 bridgehead atoms. The summed E-state index contributed by atoms with van der Waals surface area (Å²) in [7, 11) is 1.61. The lowest BCUT2D eigenvalue weighted by Crippen LogP contribution is -2.10. The Morgan fingerprint density at radius 2 is 1.70 bits per heavy atom. The fraction of sp³-hybridized carbons (Fsp3) is 0.316. The molecule has 1 N–H and O–H groups in total. The molecular formula is C19H23NO3. The third kappa shape index (κ3) is 5.33. The Labute approximate surface area is 137 Å². The number of carbonyl (C=O) groups excluding carboxylic acids is 1. The molecule has 0 aliphatic heterocycles. The van der Waals surface area contributed by atoms with Crippen LogP contribution >= 0.6 is 0 Å². The van der Waals surface area contributed by atoms with Crippen molar-refractivity contribution in [1.29, 1.82) is 0 Å². The first kappa shape index (κ1) is 16.9. The molecule has 0 aromatic heterocycles. The van der Waals surface area contributed by atoms with E-state index in [-0.39, 0.29) is 5.91 Å². The van der Waals surface area contributed by atoms with Crippen LogP contribution in [0.25, 0.3) is 0 Å². The van der Waals surface area contributed by atoms with Gasteiger partial charge >= 0.3 is 0 Å². The van der Waals surface area contributed by atoms with Gasteiger partial charge in [-0.2, -0.15) is 0 Å². The number of amides is 1. The summed E-state index contributed by atoms with van der Waals surface area (Å²) in [4.78, 5) is 11.8. The van der Waals surface area contributed by atoms with Crippen molar-refractivity contribution in [2.75, 3.05) is 12.4 Å². The molecule has 2 rings (SSSR count). The fourth-order valence-corrected chi connectivity index (χ4v) is 2.20. The van der Waals surface area contributed by atoms with Crippen molar-refractivity contribution >= 4 is 11.6 Å². The van der Waals surface area contributed by atoms with Crippen LogP contribution in [-0.4, -0.2) is 13.0 Å². The van der Waals surface area contributed by atoms with E-state index in [4.69, 9.17) is 9.47 Å². The molecule has 0 aliphatic carbocycles. The standard InChI is InChI=1S/C19H23NO3/c1-3-4-5-10-19(21)20-15-11-13-16(14-12-15)23-18-9-7-6-8-17(18)22-2/h6-9,11-14H,3-5,10H2,1-2H3,(H,20,21). The highest BCUT2D eigenvalue weighted by Crippen LogP contribution is 2.31. The van der Waals surface area contributed by atoms with E-state index in [1.165, 1.54) is 0 Å². The first-order valence-corrected chi connectivity index (χ1v) is 7.93. The Morgan fingerprint density at radius 3 is 2.35 bits per heavy atom. The van der Waals surface area contributed by atoms with Crippen molar-refractivity contribution in [3.05, 3.63) is 48.5 Å². The van der Waals surface area contributed by atoms with Gasteiger partial charge in [0, 0.05) is 12.1 Å². The molecule has 2 aromatic carbocycles. The van der Waals surface area contributed by atoms with Gasteiger partial charge < -0.3 is 14.8 Å².